The van der Waals surface area contributed by atoms with Gasteiger partial charge in [-0.15, -0.1) is 0 Å². The molecule has 1 N–H and O–H groups in total. The van der Waals surface area contributed by atoms with Gasteiger partial charge in [0.25, 0.3) is 5.91 Å². The first-order valence-corrected chi connectivity index (χ1v) is 6.87. The molecular formula is C15H21NO4. The van der Waals surface area contributed by atoms with Crippen molar-refractivity contribution >= 4 is 5.91 Å². The van der Waals surface area contributed by atoms with E-state index in [0.717, 1.165) is 0 Å². The predicted molar refractivity (Wildman–Crippen MR) is 74.5 cm³/mol. The molecule has 0 aliphatic carbocycles. The van der Waals surface area contributed by atoms with Crippen LogP contribution in [0.25, 0.3) is 0 Å². The zero-order valence-electron chi connectivity index (χ0n) is 11.9. The fraction of sp³-hybridized carbons (Fsp3) is 0.533. The molecule has 1 aromatic carbocycles. The number of aliphatic hydroxyl groups excluding tert-OH is 1. The van der Waals surface area contributed by atoms with E-state index in [1.807, 2.05) is 37.3 Å². The van der Waals surface area contributed by atoms with Crippen LogP contribution in [-0.4, -0.2) is 53.9 Å². The minimum atomic E-state index is -0.554. The van der Waals surface area contributed by atoms with Crippen LogP contribution in [-0.2, 0) is 9.53 Å². The van der Waals surface area contributed by atoms with E-state index in [4.69, 9.17) is 9.47 Å². The Morgan fingerprint density at radius 1 is 1.45 bits per heavy atom. The quantitative estimate of drug-likeness (QED) is 0.895. The molecule has 1 aromatic rings. The maximum absolute atomic E-state index is 12.4. The molecule has 5 heteroatoms. The number of hydrogen-bond acceptors (Lipinski definition) is 4. The van der Waals surface area contributed by atoms with E-state index in [1.165, 1.54) is 0 Å². The van der Waals surface area contributed by atoms with Gasteiger partial charge in [-0.3, -0.25) is 4.79 Å². The van der Waals surface area contributed by atoms with E-state index < -0.39 is 6.10 Å². The van der Waals surface area contributed by atoms with E-state index in [2.05, 4.69) is 0 Å². The fourth-order valence-corrected chi connectivity index (χ4v) is 2.34. The summed E-state index contributed by atoms with van der Waals surface area (Å²) in [7, 11) is 0. The lowest BCUT2D eigenvalue weighted by Crippen LogP contribution is -2.53. The normalized spacial score (nSPS) is 24.2. The smallest absolute Gasteiger partial charge is 0.263 e. The van der Waals surface area contributed by atoms with Gasteiger partial charge in [0, 0.05) is 13.1 Å². The SMILES string of the molecule is CC1CN(C(=O)C(C)Oc2ccccc2)CC(CO)O1. The highest BCUT2D eigenvalue weighted by atomic mass is 16.5. The van der Waals surface area contributed by atoms with Crippen molar-refractivity contribution in [2.75, 3.05) is 19.7 Å². The molecule has 1 heterocycles. The standard InChI is InChI=1S/C15H21NO4/c1-11-8-16(9-14(10-17)19-11)15(18)12(2)20-13-6-4-3-5-7-13/h3-7,11-12,14,17H,8-10H2,1-2H3. The van der Waals surface area contributed by atoms with E-state index in [-0.39, 0.29) is 24.7 Å². The third kappa shape index (κ3) is 3.71. The van der Waals surface area contributed by atoms with Crippen LogP contribution in [0.4, 0.5) is 0 Å². The number of carbonyl (C=O) groups excluding carboxylic acids is 1. The Balaban J connectivity index is 1.95. The van der Waals surface area contributed by atoms with E-state index in [1.54, 1.807) is 11.8 Å². The lowest BCUT2D eigenvalue weighted by atomic mass is 10.2. The highest BCUT2D eigenvalue weighted by molar-refractivity contribution is 5.81. The minimum absolute atomic E-state index is 0.0752. The Hall–Kier alpha value is -1.59. The summed E-state index contributed by atoms with van der Waals surface area (Å²) in [5.74, 6) is 0.593. The highest BCUT2D eigenvalue weighted by Gasteiger charge is 2.31. The summed E-state index contributed by atoms with van der Waals surface area (Å²) in [5.41, 5.74) is 0. The molecule has 0 aromatic heterocycles. The van der Waals surface area contributed by atoms with Gasteiger partial charge in [0.15, 0.2) is 6.10 Å². The number of ether oxygens (including phenoxy) is 2. The first-order valence-electron chi connectivity index (χ1n) is 6.87. The molecule has 1 aliphatic heterocycles. The second-order valence-electron chi connectivity index (χ2n) is 5.07. The summed E-state index contributed by atoms with van der Waals surface area (Å²) in [6.45, 7) is 4.48. The molecule has 3 unspecified atom stereocenters. The second-order valence-corrected chi connectivity index (χ2v) is 5.07. The molecule has 5 nitrogen and oxygen atoms in total. The molecule has 1 amide bonds. The third-order valence-corrected chi connectivity index (χ3v) is 3.25. The van der Waals surface area contributed by atoms with Crippen LogP contribution in [0.2, 0.25) is 0 Å². The van der Waals surface area contributed by atoms with Crippen LogP contribution >= 0.6 is 0 Å². The molecule has 1 saturated heterocycles. The van der Waals surface area contributed by atoms with Crippen LogP contribution in [0.3, 0.4) is 0 Å². The number of hydrogen-bond donors (Lipinski definition) is 1. The molecule has 1 aliphatic rings. The number of amides is 1. The van der Waals surface area contributed by atoms with E-state index in [9.17, 15) is 9.90 Å². The second kappa shape index (κ2) is 6.72. The predicted octanol–water partition coefficient (Wildman–Crippen LogP) is 1.06. The first-order chi connectivity index (χ1) is 9.60. The van der Waals surface area contributed by atoms with E-state index in [0.29, 0.717) is 18.8 Å². The summed E-state index contributed by atoms with van der Waals surface area (Å²) in [4.78, 5) is 14.1. The summed E-state index contributed by atoms with van der Waals surface area (Å²) in [5, 5.41) is 9.19. The number of carbonyl (C=O) groups is 1. The Morgan fingerprint density at radius 3 is 2.80 bits per heavy atom. The number of aliphatic hydroxyl groups is 1. The van der Waals surface area contributed by atoms with Gasteiger partial charge in [-0.1, -0.05) is 18.2 Å². The van der Waals surface area contributed by atoms with Crippen molar-refractivity contribution < 1.29 is 19.4 Å². The maximum atomic E-state index is 12.4. The van der Waals surface area contributed by atoms with Crippen LogP contribution in [0.1, 0.15) is 13.8 Å². The van der Waals surface area contributed by atoms with Gasteiger partial charge in [-0.2, -0.15) is 0 Å². The van der Waals surface area contributed by atoms with Gasteiger partial charge in [-0.25, -0.2) is 0 Å². The fourth-order valence-electron chi connectivity index (χ4n) is 2.34. The lowest BCUT2D eigenvalue weighted by Gasteiger charge is -2.37. The van der Waals surface area contributed by atoms with Crippen molar-refractivity contribution in [1.82, 2.24) is 4.90 Å². The molecular weight excluding hydrogens is 258 g/mol. The zero-order valence-corrected chi connectivity index (χ0v) is 11.9. The Kier molecular flexibility index (Phi) is 4.98. The molecule has 20 heavy (non-hydrogen) atoms. The summed E-state index contributed by atoms with van der Waals surface area (Å²) >= 11 is 0. The Morgan fingerprint density at radius 2 is 2.15 bits per heavy atom. The van der Waals surface area contributed by atoms with Crippen molar-refractivity contribution in [2.45, 2.75) is 32.2 Å². The summed E-state index contributed by atoms with van der Waals surface area (Å²) in [6.07, 6.45) is -0.942. The molecule has 2 rings (SSSR count). The maximum Gasteiger partial charge on any atom is 0.263 e. The average Bonchev–Trinajstić information content (AvgIpc) is 2.46. The molecule has 0 saturated carbocycles. The molecule has 3 atom stereocenters. The summed E-state index contributed by atoms with van der Waals surface area (Å²) < 4.78 is 11.2. The van der Waals surface area contributed by atoms with Crippen molar-refractivity contribution in [3.63, 3.8) is 0 Å². The topological polar surface area (TPSA) is 59.0 Å². The number of nitrogens with zero attached hydrogens (tertiary/aromatic N) is 1. The largest absolute Gasteiger partial charge is 0.481 e. The lowest BCUT2D eigenvalue weighted by molar-refractivity contribution is -0.153. The van der Waals surface area contributed by atoms with Crippen molar-refractivity contribution in [1.29, 1.82) is 0 Å². The van der Waals surface area contributed by atoms with Crippen LogP contribution in [0.15, 0.2) is 30.3 Å². The van der Waals surface area contributed by atoms with Gasteiger partial charge in [0.2, 0.25) is 0 Å². The number of rotatable bonds is 4. The van der Waals surface area contributed by atoms with Crippen LogP contribution < -0.4 is 4.74 Å². The zero-order chi connectivity index (χ0) is 14.5. The first kappa shape index (κ1) is 14.8. The summed E-state index contributed by atoms with van der Waals surface area (Å²) in [6, 6.07) is 9.27. The molecule has 0 radical (unpaired) electrons. The van der Waals surface area contributed by atoms with Crippen LogP contribution in [0, 0.1) is 0 Å². The van der Waals surface area contributed by atoms with Gasteiger partial charge in [0.05, 0.1) is 18.8 Å². The molecule has 1 fully saturated rings. The Labute approximate surface area is 119 Å². The van der Waals surface area contributed by atoms with Crippen molar-refractivity contribution in [3.8, 4) is 5.75 Å². The molecule has 0 spiro atoms. The van der Waals surface area contributed by atoms with Crippen molar-refractivity contribution in [3.05, 3.63) is 30.3 Å². The Bertz CT molecular complexity index is 437. The van der Waals surface area contributed by atoms with Gasteiger partial charge in [0.1, 0.15) is 5.75 Å². The minimum Gasteiger partial charge on any atom is -0.481 e. The number of para-hydroxylation sites is 1. The van der Waals surface area contributed by atoms with Gasteiger partial charge < -0.3 is 19.5 Å². The number of benzene rings is 1. The number of morpholine rings is 1. The van der Waals surface area contributed by atoms with Crippen LogP contribution in [0.5, 0.6) is 5.75 Å². The third-order valence-electron chi connectivity index (χ3n) is 3.25. The van der Waals surface area contributed by atoms with Gasteiger partial charge in [-0.05, 0) is 26.0 Å². The highest BCUT2D eigenvalue weighted by Crippen LogP contribution is 2.15. The average molecular weight is 279 g/mol. The molecule has 110 valence electrons. The van der Waals surface area contributed by atoms with Crippen molar-refractivity contribution in [2.24, 2.45) is 0 Å². The van der Waals surface area contributed by atoms with E-state index >= 15 is 0 Å². The molecule has 0 bridgehead atoms. The van der Waals surface area contributed by atoms with Gasteiger partial charge >= 0.3 is 0 Å². The monoisotopic (exact) mass is 279 g/mol.